The normalized spacial score (nSPS) is 20.3. The summed E-state index contributed by atoms with van der Waals surface area (Å²) in [7, 11) is 0. The van der Waals surface area contributed by atoms with Gasteiger partial charge < -0.3 is 19.2 Å². The molecule has 126 valence electrons. The van der Waals surface area contributed by atoms with E-state index in [1.807, 2.05) is 6.07 Å². The summed E-state index contributed by atoms with van der Waals surface area (Å²) in [4.78, 5) is 3.40. The third kappa shape index (κ3) is 2.33. The van der Waals surface area contributed by atoms with Gasteiger partial charge in [-0.15, -0.1) is 0 Å². The largest absolute Gasteiger partial charge is 0.454 e. The molecule has 0 aliphatic carbocycles. The molecule has 2 aromatic carbocycles. The number of aromatic nitrogens is 1. The summed E-state index contributed by atoms with van der Waals surface area (Å²) in [5.41, 5.74) is 4.76. The molecule has 0 saturated carbocycles. The highest BCUT2D eigenvalue weighted by atomic mass is 16.7. The molecule has 0 bridgehead atoms. The second kappa shape index (κ2) is 5.67. The minimum atomic E-state index is 0.167. The second-order valence-electron chi connectivity index (χ2n) is 6.66. The molecule has 2 aliphatic rings. The lowest BCUT2D eigenvalue weighted by Crippen LogP contribution is -2.16. The van der Waals surface area contributed by atoms with E-state index >= 15 is 0 Å². The van der Waals surface area contributed by atoms with E-state index in [-0.39, 0.29) is 18.6 Å². The van der Waals surface area contributed by atoms with Gasteiger partial charge in [0, 0.05) is 28.9 Å². The third-order valence-corrected chi connectivity index (χ3v) is 5.22. The molecule has 5 rings (SSSR count). The van der Waals surface area contributed by atoms with Crippen molar-refractivity contribution < 1.29 is 14.2 Å². The van der Waals surface area contributed by atoms with Crippen LogP contribution in [0.5, 0.6) is 11.5 Å². The molecule has 0 unspecified atom stereocenters. The van der Waals surface area contributed by atoms with Crippen molar-refractivity contribution in [2.45, 2.75) is 5.92 Å². The molecule has 4 nitrogen and oxygen atoms in total. The maximum Gasteiger partial charge on any atom is 0.231 e. The maximum atomic E-state index is 5.71. The molecule has 2 aliphatic heterocycles. The van der Waals surface area contributed by atoms with Crippen LogP contribution in [0.2, 0.25) is 0 Å². The first kappa shape index (κ1) is 14.6. The Hall–Kier alpha value is -2.72. The summed E-state index contributed by atoms with van der Waals surface area (Å²) in [5.74, 6) is 2.04. The SMILES string of the molecule is C=C1COC[C@@H]1[C@H](c1ccc2c(c1)OCO2)c1c[nH]c2ccccc12. The molecule has 2 atom stereocenters. The number of hydrogen-bond acceptors (Lipinski definition) is 3. The number of fused-ring (bicyclic) bond motifs is 2. The fourth-order valence-electron chi connectivity index (χ4n) is 3.96. The van der Waals surface area contributed by atoms with Crippen molar-refractivity contribution in [1.29, 1.82) is 0 Å². The van der Waals surface area contributed by atoms with Crippen molar-refractivity contribution in [1.82, 2.24) is 4.98 Å². The molecule has 1 N–H and O–H groups in total. The van der Waals surface area contributed by atoms with Crippen molar-refractivity contribution >= 4 is 10.9 Å². The number of H-pyrrole nitrogens is 1. The van der Waals surface area contributed by atoms with Crippen LogP contribution in [0, 0.1) is 5.92 Å². The predicted octanol–water partition coefficient (Wildman–Crippen LogP) is 4.23. The Balaban J connectivity index is 1.68. The first-order valence-electron chi connectivity index (χ1n) is 8.52. The number of hydrogen-bond donors (Lipinski definition) is 1. The molecule has 0 radical (unpaired) electrons. The Bertz CT molecular complexity index is 959. The minimum Gasteiger partial charge on any atom is -0.454 e. The fraction of sp³-hybridized carbons (Fsp3) is 0.238. The van der Waals surface area contributed by atoms with Gasteiger partial charge in [0.2, 0.25) is 6.79 Å². The van der Waals surface area contributed by atoms with E-state index in [9.17, 15) is 0 Å². The summed E-state index contributed by atoms with van der Waals surface area (Å²) in [6.07, 6.45) is 2.12. The number of para-hydroxylation sites is 1. The maximum absolute atomic E-state index is 5.71. The van der Waals surface area contributed by atoms with Gasteiger partial charge in [0.15, 0.2) is 11.5 Å². The molecule has 1 fully saturated rings. The zero-order valence-corrected chi connectivity index (χ0v) is 13.8. The van der Waals surface area contributed by atoms with E-state index in [1.54, 1.807) is 0 Å². The number of aromatic amines is 1. The van der Waals surface area contributed by atoms with Crippen LogP contribution in [0.4, 0.5) is 0 Å². The zero-order valence-electron chi connectivity index (χ0n) is 13.8. The zero-order chi connectivity index (χ0) is 16.8. The lowest BCUT2D eigenvalue weighted by Gasteiger charge is -2.24. The summed E-state index contributed by atoms with van der Waals surface area (Å²) >= 11 is 0. The monoisotopic (exact) mass is 333 g/mol. The second-order valence-corrected chi connectivity index (χ2v) is 6.66. The third-order valence-electron chi connectivity index (χ3n) is 5.22. The van der Waals surface area contributed by atoms with Gasteiger partial charge in [0.25, 0.3) is 0 Å². The number of rotatable bonds is 3. The van der Waals surface area contributed by atoms with Crippen molar-refractivity contribution in [2.75, 3.05) is 20.0 Å². The summed E-state index contributed by atoms with van der Waals surface area (Å²) in [5, 5.41) is 1.24. The Morgan fingerprint density at radius 1 is 1.08 bits per heavy atom. The van der Waals surface area contributed by atoms with Crippen LogP contribution in [-0.2, 0) is 4.74 Å². The average molecular weight is 333 g/mol. The smallest absolute Gasteiger partial charge is 0.231 e. The molecule has 1 saturated heterocycles. The van der Waals surface area contributed by atoms with Gasteiger partial charge >= 0.3 is 0 Å². The minimum absolute atomic E-state index is 0.167. The van der Waals surface area contributed by atoms with Crippen molar-refractivity contribution in [3.05, 3.63) is 71.9 Å². The van der Waals surface area contributed by atoms with E-state index in [2.05, 4.69) is 54.2 Å². The molecule has 0 spiro atoms. The number of nitrogens with one attached hydrogen (secondary N) is 1. The highest BCUT2D eigenvalue weighted by Crippen LogP contribution is 2.44. The molecule has 0 amide bonds. The van der Waals surface area contributed by atoms with Crippen LogP contribution in [0.3, 0.4) is 0 Å². The van der Waals surface area contributed by atoms with Gasteiger partial charge in [0.05, 0.1) is 13.2 Å². The molecule has 25 heavy (non-hydrogen) atoms. The summed E-state index contributed by atoms with van der Waals surface area (Å²) in [6.45, 7) is 5.87. The van der Waals surface area contributed by atoms with E-state index < -0.39 is 0 Å². The lowest BCUT2D eigenvalue weighted by molar-refractivity contribution is 0.174. The van der Waals surface area contributed by atoms with Gasteiger partial charge in [-0.1, -0.05) is 30.8 Å². The first-order chi connectivity index (χ1) is 12.3. The van der Waals surface area contributed by atoms with Crippen LogP contribution in [0.1, 0.15) is 17.0 Å². The predicted molar refractivity (Wildman–Crippen MR) is 96.2 cm³/mol. The van der Waals surface area contributed by atoms with E-state index in [1.165, 1.54) is 16.5 Å². The summed E-state index contributed by atoms with van der Waals surface area (Å²) < 4.78 is 16.8. The van der Waals surface area contributed by atoms with Crippen LogP contribution >= 0.6 is 0 Å². The van der Waals surface area contributed by atoms with E-state index in [0.29, 0.717) is 13.2 Å². The topological polar surface area (TPSA) is 43.5 Å². The fourth-order valence-corrected chi connectivity index (χ4v) is 3.96. The van der Waals surface area contributed by atoms with Crippen LogP contribution in [0.15, 0.2) is 60.8 Å². The number of benzene rings is 2. The van der Waals surface area contributed by atoms with Crippen LogP contribution in [-0.4, -0.2) is 25.0 Å². The lowest BCUT2D eigenvalue weighted by atomic mass is 9.78. The van der Waals surface area contributed by atoms with Gasteiger partial charge in [-0.2, -0.15) is 0 Å². The van der Waals surface area contributed by atoms with Crippen molar-refractivity contribution in [3.63, 3.8) is 0 Å². The van der Waals surface area contributed by atoms with Crippen LogP contribution in [0.25, 0.3) is 10.9 Å². The van der Waals surface area contributed by atoms with Gasteiger partial charge in [-0.05, 0) is 34.9 Å². The Morgan fingerprint density at radius 3 is 2.84 bits per heavy atom. The number of ether oxygens (including phenoxy) is 3. The quantitative estimate of drug-likeness (QED) is 0.730. The molecule has 3 aromatic rings. The van der Waals surface area contributed by atoms with Gasteiger partial charge in [-0.25, -0.2) is 0 Å². The first-order valence-corrected chi connectivity index (χ1v) is 8.52. The highest BCUT2D eigenvalue weighted by Gasteiger charge is 2.33. The Morgan fingerprint density at radius 2 is 1.96 bits per heavy atom. The van der Waals surface area contributed by atoms with Crippen molar-refractivity contribution in [2.24, 2.45) is 5.92 Å². The standard InChI is InChI=1S/C21H19NO3/c1-13-10-23-11-17(13)21(14-6-7-19-20(8-14)25-12-24-19)16-9-22-18-5-3-2-4-15(16)18/h2-9,17,21-22H,1,10-12H2/t17-,21+/m0/s1. The van der Waals surface area contributed by atoms with E-state index in [0.717, 1.165) is 22.6 Å². The van der Waals surface area contributed by atoms with Crippen LogP contribution < -0.4 is 9.47 Å². The Labute approximate surface area is 146 Å². The van der Waals surface area contributed by atoms with Crippen molar-refractivity contribution in [3.8, 4) is 11.5 Å². The Kier molecular flexibility index (Phi) is 3.31. The van der Waals surface area contributed by atoms with E-state index in [4.69, 9.17) is 14.2 Å². The molecular weight excluding hydrogens is 314 g/mol. The molecule has 1 aromatic heterocycles. The average Bonchev–Trinajstić information content (AvgIpc) is 3.36. The highest BCUT2D eigenvalue weighted by molar-refractivity contribution is 5.84. The molecule has 3 heterocycles. The molecule has 4 heteroatoms. The van der Waals surface area contributed by atoms with Gasteiger partial charge in [-0.3, -0.25) is 0 Å². The van der Waals surface area contributed by atoms with Gasteiger partial charge in [0.1, 0.15) is 0 Å². The summed E-state index contributed by atoms with van der Waals surface area (Å²) in [6, 6.07) is 14.6. The molecular formula is C21H19NO3.